The van der Waals surface area contributed by atoms with E-state index < -0.39 is 0 Å². The standard InChI is InChI=1S/C16H17NO2S/c18-16(15-7-4-9-17-13-15)19-10-12-20-11-8-14-5-2-1-3-6-14/h1-7,9,13H,8,10-12H2. The van der Waals surface area contributed by atoms with Gasteiger partial charge in [0, 0.05) is 18.1 Å². The summed E-state index contributed by atoms with van der Waals surface area (Å²) < 4.78 is 5.18. The molecule has 4 heteroatoms. The lowest BCUT2D eigenvalue weighted by atomic mass is 10.2. The molecule has 0 saturated heterocycles. The van der Waals surface area contributed by atoms with Crippen LogP contribution in [-0.2, 0) is 11.2 Å². The SMILES string of the molecule is O=C(OCCSCCc1ccccc1)c1cccnc1. The molecular weight excluding hydrogens is 270 g/mol. The molecule has 0 aliphatic rings. The zero-order valence-electron chi connectivity index (χ0n) is 11.2. The van der Waals surface area contributed by atoms with Gasteiger partial charge < -0.3 is 4.74 Å². The Balaban J connectivity index is 1.57. The van der Waals surface area contributed by atoms with Gasteiger partial charge in [0.05, 0.1) is 5.56 Å². The maximum Gasteiger partial charge on any atom is 0.339 e. The van der Waals surface area contributed by atoms with E-state index in [4.69, 9.17) is 4.74 Å². The highest BCUT2D eigenvalue weighted by molar-refractivity contribution is 7.99. The molecule has 104 valence electrons. The molecule has 0 amide bonds. The zero-order chi connectivity index (χ0) is 14.0. The maximum absolute atomic E-state index is 11.6. The number of rotatable bonds is 7. The molecule has 1 aromatic heterocycles. The minimum absolute atomic E-state index is 0.304. The molecule has 3 nitrogen and oxygen atoms in total. The fraction of sp³-hybridized carbons (Fsp3) is 0.250. The Bertz CT molecular complexity index is 517. The third kappa shape index (κ3) is 5.05. The highest BCUT2D eigenvalue weighted by Gasteiger charge is 2.05. The van der Waals surface area contributed by atoms with Crippen molar-refractivity contribution in [2.24, 2.45) is 0 Å². The van der Waals surface area contributed by atoms with Crippen LogP contribution in [0.25, 0.3) is 0 Å². The van der Waals surface area contributed by atoms with Crippen LogP contribution in [0.5, 0.6) is 0 Å². The van der Waals surface area contributed by atoms with E-state index in [-0.39, 0.29) is 5.97 Å². The number of esters is 1. The summed E-state index contributed by atoms with van der Waals surface area (Å²) in [5.41, 5.74) is 1.84. The van der Waals surface area contributed by atoms with Crippen LogP contribution in [0.1, 0.15) is 15.9 Å². The molecule has 0 radical (unpaired) electrons. The summed E-state index contributed by atoms with van der Waals surface area (Å²) in [7, 11) is 0. The minimum Gasteiger partial charge on any atom is -0.461 e. The van der Waals surface area contributed by atoms with Crippen molar-refractivity contribution in [3.8, 4) is 0 Å². The van der Waals surface area contributed by atoms with Crippen LogP contribution in [0.4, 0.5) is 0 Å². The van der Waals surface area contributed by atoms with Crippen LogP contribution in [0.15, 0.2) is 54.9 Å². The topological polar surface area (TPSA) is 39.2 Å². The van der Waals surface area contributed by atoms with Crippen molar-refractivity contribution >= 4 is 17.7 Å². The molecule has 1 heterocycles. The molecular formula is C16H17NO2S. The first-order chi connectivity index (χ1) is 9.86. The smallest absolute Gasteiger partial charge is 0.339 e. The van der Waals surface area contributed by atoms with Gasteiger partial charge in [0.2, 0.25) is 0 Å². The molecule has 0 unspecified atom stereocenters. The van der Waals surface area contributed by atoms with Crippen molar-refractivity contribution in [1.29, 1.82) is 0 Å². The number of ether oxygens (including phenoxy) is 1. The first-order valence-electron chi connectivity index (χ1n) is 6.55. The predicted molar refractivity (Wildman–Crippen MR) is 82.0 cm³/mol. The molecule has 0 aliphatic carbocycles. The monoisotopic (exact) mass is 287 g/mol. The van der Waals surface area contributed by atoms with Crippen molar-refractivity contribution in [2.45, 2.75) is 6.42 Å². The van der Waals surface area contributed by atoms with E-state index in [2.05, 4.69) is 29.2 Å². The first-order valence-corrected chi connectivity index (χ1v) is 7.70. The van der Waals surface area contributed by atoms with E-state index in [1.807, 2.05) is 6.07 Å². The molecule has 1 aromatic carbocycles. The van der Waals surface area contributed by atoms with Crippen molar-refractivity contribution < 1.29 is 9.53 Å². The maximum atomic E-state index is 11.6. The Kier molecular flexibility index (Phi) is 6.11. The molecule has 0 spiro atoms. The Morgan fingerprint density at radius 1 is 1.10 bits per heavy atom. The van der Waals surface area contributed by atoms with E-state index >= 15 is 0 Å². The number of carbonyl (C=O) groups is 1. The lowest BCUT2D eigenvalue weighted by Gasteiger charge is -2.04. The Morgan fingerprint density at radius 2 is 1.95 bits per heavy atom. The van der Waals surface area contributed by atoms with Crippen LogP contribution >= 0.6 is 11.8 Å². The van der Waals surface area contributed by atoms with Crippen LogP contribution in [-0.4, -0.2) is 29.1 Å². The average Bonchev–Trinajstić information content (AvgIpc) is 2.52. The number of nitrogens with zero attached hydrogens (tertiary/aromatic N) is 1. The summed E-state index contributed by atoms with van der Waals surface area (Å²) in [4.78, 5) is 15.5. The van der Waals surface area contributed by atoms with Crippen LogP contribution in [0, 0.1) is 0 Å². The molecule has 0 atom stereocenters. The second-order valence-electron chi connectivity index (χ2n) is 4.23. The molecule has 0 aliphatic heterocycles. The second kappa shape index (κ2) is 8.38. The van der Waals surface area contributed by atoms with Gasteiger partial charge in [0.25, 0.3) is 0 Å². The number of carbonyl (C=O) groups excluding carboxylic acids is 1. The van der Waals surface area contributed by atoms with E-state index in [1.54, 1.807) is 30.1 Å². The molecule has 2 rings (SSSR count). The highest BCUT2D eigenvalue weighted by Crippen LogP contribution is 2.07. The summed E-state index contributed by atoms with van der Waals surface area (Å²) in [6.45, 7) is 0.438. The Labute approximate surface area is 123 Å². The van der Waals surface area contributed by atoms with E-state index in [9.17, 15) is 4.79 Å². The van der Waals surface area contributed by atoms with Gasteiger partial charge in [-0.2, -0.15) is 11.8 Å². The average molecular weight is 287 g/mol. The van der Waals surface area contributed by atoms with Crippen molar-refractivity contribution in [3.63, 3.8) is 0 Å². The van der Waals surface area contributed by atoms with Crippen molar-refractivity contribution in [3.05, 3.63) is 66.0 Å². The minimum atomic E-state index is -0.304. The predicted octanol–water partition coefficient (Wildman–Crippen LogP) is 3.21. The Morgan fingerprint density at radius 3 is 2.70 bits per heavy atom. The number of benzene rings is 1. The summed E-state index contributed by atoms with van der Waals surface area (Å²) in [6.07, 6.45) is 4.20. The number of hydrogen-bond acceptors (Lipinski definition) is 4. The van der Waals surface area contributed by atoms with Gasteiger partial charge in [-0.3, -0.25) is 4.98 Å². The number of pyridine rings is 1. The van der Waals surface area contributed by atoms with Gasteiger partial charge in [0.15, 0.2) is 0 Å². The van der Waals surface area contributed by atoms with Gasteiger partial charge in [-0.25, -0.2) is 4.79 Å². The summed E-state index contributed by atoms with van der Waals surface area (Å²) in [5.74, 6) is 1.55. The van der Waals surface area contributed by atoms with Crippen molar-refractivity contribution in [2.75, 3.05) is 18.1 Å². The third-order valence-electron chi connectivity index (χ3n) is 2.74. The van der Waals surface area contributed by atoms with E-state index in [0.717, 1.165) is 17.9 Å². The van der Waals surface area contributed by atoms with E-state index in [0.29, 0.717) is 12.2 Å². The van der Waals surface area contributed by atoms with Gasteiger partial charge >= 0.3 is 5.97 Å². The fourth-order valence-electron chi connectivity index (χ4n) is 1.70. The molecule has 20 heavy (non-hydrogen) atoms. The van der Waals surface area contributed by atoms with Crippen LogP contribution < -0.4 is 0 Å². The quantitative estimate of drug-likeness (QED) is 0.579. The fourth-order valence-corrected chi connectivity index (χ4v) is 2.48. The van der Waals surface area contributed by atoms with Gasteiger partial charge in [-0.1, -0.05) is 30.3 Å². The molecule has 0 saturated carbocycles. The lowest BCUT2D eigenvalue weighted by Crippen LogP contribution is -2.08. The van der Waals surface area contributed by atoms with Crippen LogP contribution in [0.2, 0.25) is 0 Å². The largest absolute Gasteiger partial charge is 0.461 e. The molecule has 2 aromatic rings. The van der Waals surface area contributed by atoms with Crippen molar-refractivity contribution in [1.82, 2.24) is 4.98 Å². The lowest BCUT2D eigenvalue weighted by molar-refractivity contribution is 0.0530. The number of thioether (sulfide) groups is 1. The van der Waals surface area contributed by atoms with E-state index in [1.165, 1.54) is 11.8 Å². The number of aryl methyl sites for hydroxylation is 1. The Hall–Kier alpha value is -1.81. The number of aromatic nitrogens is 1. The van der Waals surface area contributed by atoms with Gasteiger partial charge in [-0.15, -0.1) is 0 Å². The molecule has 0 N–H and O–H groups in total. The zero-order valence-corrected chi connectivity index (χ0v) is 12.0. The molecule has 0 fully saturated rings. The molecule has 0 bridgehead atoms. The summed E-state index contributed by atoms with van der Waals surface area (Å²) in [6, 6.07) is 13.8. The number of hydrogen-bond donors (Lipinski definition) is 0. The van der Waals surface area contributed by atoms with Gasteiger partial charge in [0.1, 0.15) is 6.61 Å². The third-order valence-corrected chi connectivity index (χ3v) is 3.68. The first kappa shape index (κ1) is 14.6. The summed E-state index contributed by atoms with van der Waals surface area (Å²) >= 11 is 1.79. The van der Waals surface area contributed by atoms with Crippen LogP contribution in [0.3, 0.4) is 0 Å². The summed E-state index contributed by atoms with van der Waals surface area (Å²) in [5, 5.41) is 0. The highest BCUT2D eigenvalue weighted by atomic mass is 32.2. The second-order valence-corrected chi connectivity index (χ2v) is 5.45. The normalized spacial score (nSPS) is 10.2. The van der Waals surface area contributed by atoms with Gasteiger partial charge in [-0.05, 0) is 29.9 Å².